The third-order valence-electron chi connectivity index (χ3n) is 3.49. The van der Waals surface area contributed by atoms with Crippen LogP contribution in [0, 0.1) is 13.8 Å². The number of nitrogens with two attached hydrogens (primary N) is 1. The van der Waals surface area contributed by atoms with Gasteiger partial charge in [0.25, 0.3) is 0 Å². The number of hydrogen-bond donors (Lipinski definition) is 1. The van der Waals surface area contributed by atoms with Crippen molar-refractivity contribution in [2.45, 2.75) is 26.9 Å². The summed E-state index contributed by atoms with van der Waals surface area (Å²) in [6.45, 7) is 5.81. The van der Waals surface area contributed by atoms with Crippen molar-refractivity contribution >= 4 is 5.69 Å². The van der Waals surface area contributed by atoms with Crippen LogP contribution in [0.2, 0.25) is 0 Å². The fourth-order valence-corrected chi connectivity index (χ4v) is 2.29. The van der Waals surface area contributed by atoms with Gasteiger partial charge in [-0.3, -0.25) is 0 Å². The predicted octanol–water partition coefficient (Wildman–Crippen LogP) is 3.40. The molecule has 2 rings (SSSR count). The molecule has 2 aromatic carbocycles. The minimum atomic E-state index is 0.589. The Hall–Kier alpha value is -1.80. The van der Waals surface area contributed by atoms with Gasteiger partial charge in [0.1, 0.15) is 0 Å². The summed E-state index contributed by atoms with van der Waals surface area (Å²) < 4.78 is 0. The monoisotopic (exact) mass is 254 g/mol. The molecule has 0 aliphatic rings. The number of nitrogens with zero attached hydrogens (tertiary/aromatic N) is 1. The molecular weight excluding hydrogens is 232 g/mol. The lowest BCUT2D eigenvalue weighted by Gasteiger charge is -2.21. The second-order valence-corrected chi connectivity index (χ2v) is 5.16. The molecule has 0 radical (unpaired) electrons. The van der Waals surface area contributed by atoms with Crippen LogP contribution in [0.4, 0.5) is 5.69 Å². The number of aryl methyl sites for hydroxylation is 2. The molecular formula is C17H22N2. The lowest BCUT2D eigenvalue weighted by Crippen LogP contribution is -2.17. The maximum absolute atomic E-state index is 5.69. The number of anilines is 1. The molecule has 2 heteroatoms. The molecule has 100 valence electrons. The third-order valence-corrected chi connectivity index (χ3v) is 3.49. The zero-order chi connectivity index (χ0) is 13.8. The smallest absolute Gasteiger partial charge is 0.0428 e. The second-order valence-electron chi connectivity index (χ2n) is 5.16. The molecule has 19 heavy (non-hydrogen) atoms. The molecule has 0 fully saturated rings. The quantitative estimate of drug-likeness (QED) is 0.906. The minimum Gasteiger partial charge on any atom is -0.370 e. The van der Waals surface area contributed by atoms with Crippen LogP contribution < -0.4 is 10.6 Å². The highest BCUT2D eigenvalue weighted by Crippen LogP contribution is 2.19. The summed E-state index contributed by atoms with van der Waals surface area (Å²) in [5.74, 6) is 0. The SMILES string of the molecule is Cc1ccc(CN(C)c2cccc(CN)c2)c(C)c1. The topological polar surface area (TPSA) is 29.3 Å². The van der Waals surface area contributed by atoms with E-state index in [0.717, 1.165) is 6.54 Å². The van der Waals surface area contributed by atoms with Gasteiger partial charge in [-0.1, -0.05) is 35.9 Å². The van der Waals surface area contributed by atoms with Crippen LogP contribution in [0.15, 0.2) is 42.5 Å². The average molecular weight is 254 g/mol. The minimum absolute atomic E-state index is 0.589. The first-order valence-electron chi connectivity index (χ1n) is 6.66. The van der Waals surface area contributed by atoms with Gasteiger partial charge in [0, 0.05) is 25.8 Å². The molecule has 2 nitrogen and oxygen atoms in total. The Balaban J connectivity index is 2.17. The maximum Gasteiger partial charge on any atom is 0.0428 e. The van der Waals surface area contributed by atoms with Crippen LogP contribution in [0.3, 0.4) is 0 Å². The van der Waals surface area contributed by atoms with E-state index < -0.39 is 0 Å². The summed E-state index contributed by atoms with van der Waals surface area (Å²) in [6.07, 6.45) is 0. The van der Waals surface area contributed by atoms with Crippen LogP contribution in [-0.2, 0) is 13.1 Å². The van der Waals surface area contributed by atoms with Crippen LogP contribution in [0.1, 0.15) is 22.3 Å². The molecule has 2 aromatic rings. The van der Waals surface area contributed by atoms with Crippen LogP contribution in [0.25, 0.3) is 0 Å². The molecule has 0 spiro atoms. The first-order chi connectivity index (χ1) is 9.10. The molecule has 0 aliphatic carbocycles. The Morgan fingerprint density at radius 2 is 1.84 bits per heavy atom. The summed E-state index contributed by atoms with van der Waals surface area (Å²) in [4.78, 5) is 2.26. The summed E-state index contributed by atoms with van der Waals surface area (Å²) >= 11 is 0. The molecule has 0 heterocycles. The van der Waals surface area contributed by atoms with Gasteiger partial charge in [0.15, 0.2) is 0 Å². The van der Waals surface area contributed by atoms with Crippen LogP contribution in [0.5, 0.6) is 0 Å². The largest absolute Gasteiger partial charge is 0.370 e. The third kappa shape index (κ3) is 3.36. The Bertz CT molecular complexity index is 561. The van der Waals surface area contributed by atoms with Crippen LogP contribution in [-0.4, -0.2) is 7.05 Å². The van der Waals surface area contributed by atoms with Crippen molar-refractivity contribution < 1.29 is 0 Å². The Morgan fingerprint density at radius 3 is 2.53 bits per heavy atom. The molecule has 0 unspecified atom stereocenters. The van der Waals surface area contributed by atoms with E-state index in [-0.39, 0.29) is 0 Å². The van der Waals surface area contributed by atoms with E-state index >= 15 is 0 Å². The summed E-state index contributed by atoms with van der Waals surface area (Å²) in [7, 11) is 2.12. The molecule has 0 saturated carbocycles. The van der Waals surface area contributed by atoms with E-state index in [9.17, 15) is 0 Å². The van der Waals surface area contributed by atoms with Crippen molar-refractivity contribution in [1.29, 1.82) is 0 Å². The van der Waals surface area contributed by atoms with Gasteiger partial charge in [0.2, 0.25) is 0 Å². The van der Waals surface area contributed by atoms with Gasteiger partial charge in [-0.05, 0) is 42.7 Å². The van der Waals surface area contributed by atoms with Crippen molar-refractivity contribution in [2.24, 2.45) is 5.73 Å². The highest BCUT2D eigenvalue weighted by molar-refractivity contribution is 5.49. The molecule has 2 N–H and O–H groups in total. The van der Waals surface area contributed by atoms with E-state index in [4.69, 9.17) is 5.73 Å². The van der Waals surface area contributed by atoms with E-state index in [1.54, 1.807) is 0 Å². The molecule has 0 bridgehead atoms. The summed E-state index contributed by atoms with van der Waals surface area (Å²) in [6, 6.07) is 15.0. The fraction of sp³-hybridized carbons (Fsp3) is 0.294. The Labute approximate surface area is 115 Å². The zero-order valence-electron chi connectivity index (χ0n) is 12.0. The number of hydrogen-bond acceptors (Lipinski definition) is 2. The lowest BCUT2D eigenvalue weighted by molar-refractivity contribution is 0.910. The standard InChI is InChI=1S/C17H22N2/c1-13-7-8-16(14(2)9-13)12-19(3)17-6-4-5-15(10-17)11-18/h4-10H,11-12,18H2,1-3H3. The summed E-state index contributed by atoms with van der Waals surface area (Å²) in [5, 5.41) is 0. The molecule has 0 aliphatic heterocycles. The van der Waals surface area contributed by atoms with E-state index in [1.165, 1.54) is 27.9 Å². The average Bonchev–Trinajstić information content (AvgIpc) is 2.42. The van der Waals surface area contributed by atoms with E-state index in [1.807, 2.05) is 0 Å². The van der Waals surface area contributed by atoms with E-state index in [2.05, 4.69) is 68.3 Å². The fourth-order valence-electron chi connectivity index (χ4n) is 2.29. The Morgan fingerprint density at radius 1 is 1.05 bits per heavy atom. The lowest BCUT2D eigenvalue weighted by atomic mass is 10.1. The molecule has 0 amide bonds. The van der Waals surface area contributed by atoms with Crippen molar-refractivity contribution in [3.63, 3.8) is 0 Å². The van der Waals surface area contributed by atoms with Gasteiger partial charge in [0.05, 0.1) is 0 Å². The molecule has 0 atom stereocenters. The Kier molecular flexibility index (Phi) is 4.23. The normalized spacial score (nSPS) is 10.5. The summed E-state index contributed by atoms with van der Waals surface area (Å²) in [5.41, 5.74) is 12.1. The zero-order valence-corrected chi connectivity index (χ0v) is 12.0. The van der Waals surface area contributed by atoms with Gasteiger partial charge < -0.3 is 10.6 Å². The molecule has 0 aromatic heterocycles. The molecule has 0 saturated heterocycles. The second kappa shape index (κ2) is 5.89. The van der Waals surface area contributed by atoms with Crippen LogP contribution >= 0.6 is 0 Å². The van der Waals surface area contributed by atoms with Gasteiger partial charge >= 0.3 is 0 Å². The first-order valence-corrected chi connectivity index (χ1v) is 6.66. The first kappa shape index (κ1) is 13.6. The predicted molar refractivity (Wildman–Crippen MR) is 82.4 cm³/mol. The number of benzene rings is 2. The number of rotatable bonds is 4. The highest BCUT2D eigenvalue weighted by Gasteiger charge is 2.05. The van der Waals surface area contributed by atoms with Crippen molar-refractivity contribution in [2.75, 3.05) is 11.9 Å². The van der Waals surface area contributed by atoms with Crippen molar-refractivity contribution in [3.05, 3.63) is 64.7 Å². The van der Waals surface area contributed by atoms with Crippen molar-refractivity contribution in [1.82, 2.24) is 0 Å². The van der Waals surface area contributed by atoms with Gasteiger partial charge in [-0.2, -0.15) is 0 Å². The van der Waals surface area contributed by atoms with Gasteiger partial charge in [-0.15, -0.1) is 0 Å². The van der Waals surface area contributed by atoms with E-state index in [0.29, 0.717) is 6.54 Å². The van der Waals surface area contributed by atoms with Gasteiger partial charge in [-0.25, -0.2) is 0 Å². The van der Waals surface area contributed by atoms with Crippen molar-refractivity contribution in [3.8, 4) is 0 Å². The highest BCUT2D eigenvalue weighted by atomic mass is 15.1. The maximum atomic E-state index is 5.69.